The number of fused-ring (bicyclic) bond motifs is 6. The Labute approximate surface area is 156 Å². The second kappa shape index (κ2) is 6.07. The summed E-state index contributed by atoms with van der Waals surface area (Å²) >= 11 is 0. The molecule has 0 spiro atoms. The summed E-state index contributed by atoms with van der Waals surface area (Å²) in [5, 5.41) is 0. The predicted molar refractivity (Wildman–Crippen MR) is 105 cm³/mol. The number of piperidine rings is 1. The Hall–Kier alpha value is -1.91. The first-order valence-electron chi connectivity index (χ1n) is 9.88. The predicted octanol–water partition coefficient (Wildman–Crippen LogP) is 3.23. The number of nitrogens with two attached hydrogens (primary N) is 1. The Kier molecular flexibility index (Phi) is 3.80. The van der Waals surface area contributed by atoms with E-state index in [1.54, 1.807) is 5.56 Å². The molecule has 1 aromatic heterocycles. The van der Waals surface area contributed by atoms with Crippen molar-refractivity contribution >= 4 is 5.69 Å². The molecule has 4 heterocycles. The zero-order valence-electron chi connectivity index (χ0n) is 15.7. The molecular weight excluding hydrogens is 320 g/mol. The van der Waals surface area contributed by atoms with E-state index in [0.29, 0.717) is 18.0 Å². The van der Waals surface area contributed by atoms with E-state index in [1.807, 2.05) is 24.5 Å². The number of aryl methyl sites for hydroxylation is 1. The van der Waals surface area contributed by atoms with Gasteiger partial charge in [-0.15, -0.1) is 0 Å². The Bertz CT molecular complexity index is 805. The van der Waals surface area contributed by atoms with E-state index in [4.69, 9.17) is 5.73 Å². The third kappa shape index (κ3) is 2.39. The van der Waals surface area contributed by atoms with Crippen molar-refractivity contribution in [2.75, 3.05) is 18.5 Å². The van der Waals surface area contributed by atoms with Gasteiger partial charge in [0.1, 0.15) is 0 Å². The summed E-state index contributed by atoms with van der Waals surface area (Å²) in [6, 6.07) is 13.1. The highest BCUT2D eigenvalue weighted by Gasteiger charge is 2.52. The van der Waals surface area contributed by atoms with Crippen LogP contribution in [0.3, 0.4) is 0 Å². The number of rotatable bonds is 3. The maximum absolute atomic E-state index is 6.62. The molecule has 5 atom stereocenters. The van der Waals surface area contributed by atoms with E-state index in [2.05, 4.69) is 47.0 Å². The van der Waals surface area contributed by atoms with Crippen LogP contribution in [0.1, 0.15) is 47.9 Å². The van der Waals surface area contributed by atoms with E-state index in [9.17, 15) is 0 Å². The number of hydrogen-bond donors (Lipinski definition) is 1. The lowest BCUT2D eigenvalue weighted by atomic mass is 9.82. The summed E-state index contributed by atoms with van der Waals surface area (Å²) in [5.74, 6) is 0.623. The molecule has 2 aromatic rings. The molecule has 2 bridgehead atoms. The van der Waals surface area contributed by atoms with Crippen LogP contribution in [0.15, 0.2) is 42.7 Å². The summed E-state index contributed by atoms with van der Waals surface area (Å²) in [4.78, 5) is 9.41. The quantitative estimate of drug-likeness (QED) is 0.925. The van der Waals surface area contributed by atoms with Crippen LogP contribution in [0.25, 0.3) is 0 Å². The molecule has 26 heavy (non-hydrogen) atoms. The fourth-order valence-corrected chi connectivity index (χ4v) is 5.72. The highest BCUT2D eigenvalue weighted by molar-refractivity contribution is 5.64. The van der Waals surface area contributed by atoms with Gasteiger partial charge in [-0.1, -0.05) is 17.7 Å². The summed E-state index contributed by atoms with van der Waals surface area (Å²) in [5.41, 5.74) is 12.1. The van der Waals surface area contributed by atoms with Crippen molar-refractivity contribution in [2.45, 2.75) is 56.3 Å². The zero-order valence-corrected chi connectivity index (χ0v) is 15.7. The number of benzene rings is 1. The van der Waals surface area contributed by atoms with Crippen LogP contribution >= 0.6 is 0 Å². The van der Waals surface area contributed by atoms with Gasteiger partial charge in [-0.25, -0.2) is 0 Å². The number of anilines is 1. The third-order valence-electron chi connectivity index (χ3n) is 7.02. The lowest BCUT2D eigenvalue weighted by Crippen LogP contribution is -2.51. The Morgan fingerprint density at radius 2 is 1.96 bits per heavy atom. The maximum Gasteiger partial charge on any atom is 0.0474 e. The lowest BCUT2D eigenvalue weighted by Gasteiger charge is -2.43. The molecule has 4 nitrogen and oxygen atoms in total. The van der Waals surface area contributed by atoms with E-state index < -0.39 is 0 Å². The van der Waals surface area contributed by atoms with Crippen molar-refractivity contribution in [3.8, 4) is 0 Å². The van der Waals surface area contributed by atoms with Gasteiger partial charge in [0.15, 0.2) is 0 Å². The summed E-state index contributed by atoms with van der Waals surface area (Å²) in [6.07, 6.45) is 7.62. The van der Waals surface area contributed by atoms with E-state index >= 15 is 0 Å². The largest absolute Gasteiger partial charge is 0.366 e. The first-order chi connectivity index (χ1) is 12.6. The highest BCUT2D eigenvalue weighted by Crippen LogP contribution is 2.53. The van der Waals surface area contributed by atoms with Crippen molar-refractivity contribution in [3.05, 3.63) is 59.4 Å². The monoisotopic (exact) mass is 348 g/mol. The van der Waals surface area contributed by atoms with E-state index in [1.165, 1.54) is 36.1 Å². The lowest BCUT2D eigenvalue weighted by molar-refractivity contribution is 0.142. The first kappa shape index (κ1) is 16.3. The number of hydrogen-bond acceptors (Lipinski definition) is 4. The van der Waals surface area contributed by atoms with Gasteiger partial charge in [-0.3, -0.25) is 9.88 Å². The second-order valence-electron chi connectivity index (χ2n) is 8.39. The molecule has 0 amide bonds. The molecule has 3 aliphatic rings. The molecule has 0 aliphatic carbocycles. The Balaban J connectivity index is 1.52. The fraction of sp³-hybridized carbons (Fsp3) is 0.500. The van der Waals surface area contributed by atoms with Gasteiger partial charge in [0.05, 0.1) is 0 Å². The summed E-state index contributed by atoms with van der Waals surface area (Å²) in [6.45, 7) is 3.09. The van der Waals surface area contributed by atoms with Crippen LogP contribution in [-0.4, -0.2) is 41.6 Å². The van der Waals surface area contributed by atoms with E-state index in [-0.39, 0.29) is 6.04 Å². The van der Waals surface area contributed by atoms with Gasteiger partial charge >= 0.3 is 0 Å². The molecule has 2 fully saturated rings. The Morgan fingerprint density at radius 1 is 1.15 bits per heavy atom. The molecule has 3 aliphatic heterocycles. The minimum Gasteiger partial charge on any atom is -0.366 e. The van der Waals surface area contributed by atoms with Gasteiger partial charge in [0.25, 0.3) is 0 Å². The van der Waals surface area contributed by atoms with Crippen LogP contribution in [-0.2, 0) is 0 Å². The molecule has 5 rings (SSSR count). The minimum absolute atomic E-state index is 0.0169. The molecule has 2 saturated heterocycles. The molecule has 0 saturated carbocycles. The number of pyridine rings is 1. The molecule has 4 heteroatoms. The smallest absolute Gasteiger partial charge is 0.0474 e. The van der Waals surface area contributed by atoms with Crippen LogP contribution in [0, 0.1) is 6.92 Å². The highest BCUT2D eigenvalue weighted by atomic mass is 15.3. The van der Waals surface area contributed by atoms with Gasteiger partial charge < -0.3 is 10.6 Å². The van der Waals surface area contributed by atoms with Crippen molar-refractivity contribution in [1.29, 1.82) is 0 Å². The summed E-state index contributed by atoms with van der Waals surface area (Å²) in [7, 11) is 2.33. The molecule has 2 N–H and O–H groups in total. The van der Waals surface area contributed by atoms with Crippen LogP contribution in [0.2, 0.25) is 0 Å². The molecule has 5 unspecified atom stereocenters. The van der Waals surface area contributed by atoms with Crippen molar-refractivity contribution in [2.24, 2.45) is 5.73 Å². The van der Waals surface area contributed by atoms with Gasteiger partial charge in [-0.05, 0) is 62.6 Å². The average molecular weight is 348 g/mol. The van der Waals surface area contributed by atoms with Crippen LogP contribution in [0.5, 0.6) is 0 Å². The molecule has 0 radical (unpaired) electrons. The van der Waals surface area contributed by atoms with Crippen LogP contribution < -0.4 is 10.6 Å². The van der Waals surface area contributed by atoms with Crippen LogP contribution in [0.4, 0.5) is 5.69 Å². The maximum atomic E-state index is 6.62. The SMILES string of the molecule is Cc1ccc2c(c1)C1C(CC3CCC1N3C)N2CC(N)c1ccncc1. The van der Waals surface area contributed by atoms with Gasteiger partial charge in [0.2, 0.25) is 0 Å². The molecular formula is C22H28N4. The summed E-state index contributed by atoms with van der Waals surface area (Å²) < 4.78 is 0. The van der Waals surface area contributed by atoms with Gasteiger partial charge in [0, 0.05) is 54.7 Å². The van der Waals surface area contributed by atoms with E-state index in [0.717, 1.165) is 12.6 Å². The minimum atomic E-state index is 0.0169. The Morgan fingerprint density at radius 3 is 2.77 bits per heavy atom. The topological polar surface area (TPSA) is 45.4 Å². The second-order valence-corrected chi connectivity index (χ2v) is 8.39. The molecule has 136 valence electrons. The fourth-order valence-electron chi connectivity index (χ4n) is 5.72. The normalized spacial score (nSPS) is 31.0. The van der Waals surface area contributed by atoms with Crippen molar-refractivity contribution < 1.29 is 0 Å². The van der Waals surface area contributed by atoms with Crippen molar-refractivity contribution in [1.82, 2.24) is 9.88 Å². The zero-order chi connectivity index (χ0) is 17.8. The average Bonchev–Trinajstić information content (AvgIpc) is 3.06. The standard InChI is InChI=1S/C22H28N4/c1-14-3-5-19-17(11-14)22-20-6-4-16(25(20)2)12-21(22)26(19)13-18(23)15-7-9-24-10-8-15/h3,5,7-11,16,18,20-22H,4,6,12-13,23H2,1-2H3. The number of likely N-dealkylation sites (N-methyl/N-ethyl adjacent to an activating group) is 1. The number of nitrogens with zero attached hydrogens (tertiary/aromatic N) is 3. The number of aromatic nitrogens is 1. The van der Waals surface area contributed by atoms with Gasteiger partial charge in [-0.2, -0.15) is 0 Å². The third-order valence-corrected chi connectivity index (χ3v) is 7.02. The molecule has 1 aromatic carbocycles. The van der Waals surface area contributed by atoms with Crippen molar-refractivity contribution in [3.63, 3.8) is 0 Å². The first-order valence-corrected chi connectivity index (χ1v) is 9.88.